The van der Waals surface area contributed by atoms with E-state index in [4.69, 9.17) is 5.11 Å². The van der Waals surface area contributed by atoms with Crippen LogP contribution in [0.15, 0.2) is 24.5 Å². The molecule has 78 valence electrons. The summed E-state index contributed by atoms with van der Waals surface area (Å²) in [6.07, 6.45) is 3.34. The van der Waals surface area contributed by atoms with Gasteiger partial charge in [0.15, 0.2) is 0 Å². The molecule has 0 aromatic carbocycles. The van der Waals surface area contributed by atoms with Crippen molar-refractivity contribution in [2.45, 2.75) is 13.5 Å². The van der Waals surface area contributed by atoms with Crippen LogP contribution in [-0.2, 0) is 6.61 Å². The summed E-state index contributed by atoms with van der Waals surface area (Å²) < 4.78 is 0. The van der Waals surface area contributed by atoms with Gasteiger partial charge in [-0.05, 0) is 19.1 Å². The zero-order chi connectivity index (χ0) is 10.8. The maximum absolute atomic E-state index is 9.89. The molecule has 15 heavy (non-hydrogen) atoms. The summed E-state index contributed by atoms with van der Waals surface area (Å²) >= 11 is 0. The van der Waals surface area contributed by atoms with Crippen molar-refractivity contribution < 1.29 is 10.2 Å². The number of aliphatic hydroxyl groups is 1. The molecular formula is C11H12N2O2. The van der Waals surface area contributed by atoms with E-state index < -0.39 is 0 Å². The Morgan fingerprint density at radius 2 is 2.27 bits per heavy atom. The number of aromatic nitrogens is 2. The Bertz CT molecular complexity index is 464. The summed E-state index contributed by atoms with van der Waals surface area (Å²) in [6.45, 7) is 1.58. The number of rotatable bonds is 2. The first-order valence-electron chi connectivity index (χ1n) is 4.66. The SMILES string of the molecule is Cc1ncc(CO)c(-c2ccc[nH]2)c1O. The number of pyridine rings is 1. The van der Waals surface area contributed by atoms with Crippen molar-refractivity contribution in [1.29, 1.82) is 0 Å². The van der Waals surface area contributed by atoms with Gasteiger partial charge < -0.3 is 15.2 Å². The predicted octanol–water partition coefficient (Wildman–Crippen LogP) is 1.58. The lowest BCUT2D eigenvalue weighted by Crippen LogP contribution is -1.95. The minimum atomic E-state index is -0.144. The van der Waals surface area contributed by atoms with Gasteiger partial charge in [-0.1, -0.05) is 0 Å². The number of aryl methyl sites for hydroxylation is 1. The minimum Gasteiger partial charge on any atom is -0.505 e. The molecule has 2 rings (SSSR count). The molecule has 0 saturated heterocycles. The average molecular weight is 204 g/mol. The van der Waals surface area contributed by atoms with Crippen LogP contribution in [0.1, 0.15) is 11.3 Å². The van der Waals surface area contributed by atoms with Crippen LogP contribution in [0.2, 0.25) is 0 Å². The monoisotopic (exact) mass is 204 g/mol. The van der Waals surface area contributed by atoms with E-state index in [0.717, 1.165) is 5.69 Å². The number of H-pyrrole nitrogens is 1. The standard InChI is InChI=1S/C11H12N2O2/c1-7-11(15)10(8(6-14)5-13-7)9-3-2-4-12-9/h2-5,12,14-15H,6H2,1H3. The van der Waals surface area contributed by atoms with E-state index in [-0.39, 0.29) is 12.4 Å². The van der Waals surface area contributed by atoms with Crippen LogP contribution in [0.3, 0.4) is 0 Å². The zero-order valence-corrected chi connectivity index (χ0v) is 8.36. The van der Waals surface area contributed by atoms with Crippen LogP contribution in [-0.4, -0.2) is 20.2 Å². The Kier molecular flexibility index (Phi) is 2.43. The van der Waals surface area contributed by atoms with Crippen molar-refractivity contribution in [1.82, 2.24) is 9.97 Å². The second-order valence-corrected chi connectivity index (χ2v) is 3.33. The highest BCUT2D eigenvalue weighted by molar-refractivity contribution is 5.71. The summed E-state index contributed by atoms with van der Waals surface area (Å²) in [4.78, 5) is 6.99. The molecular weight excluding hydrogens is 192 g/mol. The number of aliphatic hydroxyl groups excluding tert-OH is 1. The van der Waals surface area contributed by atoms with Crippen LogP contribution in [0.25, 0.3) is 11.3 Å². The Labute approximate surface area is 87.2 Å². The first kappa shape index (κ1) is 9.73. The molecule has 0 aliphatic heterocycles. The van der Waals surface area contributed by atoms with Gasteiger partial charge in [0.05, 0.1) is 12.3 Å². The van der Waals surface area contributed by atoms with E-state index in [2.05, 4.69) is 9.97 Å². The molecule has 0 radical (unpaired) electrons. The third-order valence-electron chi connectivity index (χ3n) is 2.35. The largest absolute Gasteiger partial charge is 0.505 e. The molecule has 0 aliphatic carbocycles. The van der Waals surface area contributed by atoms with Crippen molar-refractivity contribution >= 4 is 0 Å². The van der Waals surface area contributed by atoms with E-state index in [9.17, 15) is 5.11 Å². The Morgan fingerprint density at radius 1 is 1.47 bits per heavy atom. The van der Waals surface area contributed by atoms with E-state index in [1.165, 1.54) is 0 Å². The molecule has 0 spiro atoms. The third-order valence-corrected chi connectivity index (χ3v) is 2.35. The smallest absolute Gasteiger partial charge is 0.146 e. The van der Waals surface area contributed by atoms with Gasteiger partial charge >= 0.3 is 0 Å². The summed E-state index contributed by atoms with van der Waals surface area (Å²) in [5.74, 6) is 0.115. The van der Waals surface area contributed by atoms with E-state index in [1.807, 2.05) is 12.1 Å². The number of aromatic amines is 1. The van der Waals surface area contributed by atoms with Gasteiger partial charge in [0, 0.05) is 29.2 Å². The van der Waals surface area contributed by atoms with E-state index >= 15 is 0 Å². The van der Waals surface area contributed by atoms with Crippen LogP contribution in [0.5, 0.6) is 5.75 Å². The number of hydrogen-bond acceptors (Lipinski definition) is 3. The number of nitrogens with zero attached hydrogens (tertiary/aromatic N) is 1. The lowest BCUT2D eigenvalue weighted by molar-refractivity contribution is 0.281. The fourth-order valence-corrected chi connectivity index (χ4v) is 1.54. The van der Waals surface area contributed by atoms with Crippen LogP contribution in [0, 0.1) is 6.92 Å². The molecule has 2 aromatic rings. The topological polar surface area (TPSA) is 69.1 Å². The molecule has 0 saturated carbocycles. The van der Waals surface area contributed by atoms with Crippen molar-refractivity contribution in [3.05, 3.63) is 35.8 Å². The predicted molar refractivity (Wildman–Crippen MR) is 56.3 cm³/mol. The molecule has 0 fully saturated rings. The fraction of sp³-hybridized carbons (Fsp3) is 0.182. The summed E-state index contributed by atoms with van der Waals surface area (Å²) in [7, 11) is 0. The zero-order valence-electron chi connectivity index (χ0n) is 8.36. The Morgan fingerprint density at radius 3 is 2.87 bits per heavy atom. The second kappa shape index (κ2) is 3.74. The van der Waals surface area contributed by atoms with Crippen LogP contribution < -0.4 is 0 Å². The molecule has 3 N–H and O–H groups in total. The normalized spacial score (nSPS) is 10.5. The average Bonchev–Trinajstić information content (AvgIpc) is 2.75. The van der Waals surface area contributed by atoms with Crippen molar-refractivity contribution in [2.75, 3.05) is 0 Å². The molecule has 4 heteroatoms. The Hall–Kier alpha value is -1.81. The number of hydrogen-bond donors (Lipinski definition) is 3. The summed E-state index contributed by atoms with van der Waals surface area (Å²) in [5.41, 5.74) is 2.56. The summed E-state index contributed by atoms with van der Waals surface area (Å²) in [5, 5.41) is 19.1. The van der Waals surface area contributed by atoms with Crippen molar-refractivity contribution in [3.63, 3.8) is 0 Å². The highest BCUT2D eigenvalue weighted by Crippen LogP contribution is 2.32. The van der Waals surface area contributed by atoms with Gasteiger partial charge in [0.2, 0.25) is 0 Å². The minimum absolute atomic E-state index is 0.115. The molecule has 0 aliphatic rings. The molecule has 2 heterocycles. The molecule has 0 unspecified atom stereocenters. The molecule has 0 atom stereocenters. The Balaban J connectivity index is 2.67. The third kappa shape index (κ3) is 1.59. The van der Waals surface area contributed by atoms with Crippen LogP contribution in [0.4, 0.5) is 0 Å². The van der Waals surface area contributed by atoms with E-state index in [1.54, 1.807) is 19.3 Å². The maximum atomic E-state index is 9.89. The maximum Gasteiger partial charge on any atom is 0.146 e. The van der Waals surface area contributed by atoms with Gasteiger partial charge in [0.25, 0.3) is 0 Å². The lowest BCUT2D eigenvalue weighted by atomic mass is 10.1. The quantitative estimate of drug-likeness (QED) is 0.695. The number of nitrogens with one attached hydrogen (secondary N) is 1. The highest BCUT2D eigenvalue weighted by Gasteiger charge is 2.13. The highest BCUT2D eigenvalue weighted by atomic mass is 16.3. The van der Waals surface area contributed by atoms with Gasteiger partial charge in [0.1, 0.15) is 5.75 Å². The van der Waals surface area contributed by atoms with Gasteiger partial charge in [-0.25, -0.2) is 0 Å². The van der Waals surface area contributed by atoms with Gasteiger partial charge in [-0.15, -0.1) is 0 Å². The fourth-order valence-electron chi connectivity index (χ4n) is 1.54. The first-order valence-corrected chi connectivity index (χ1v) is 4.66. The summed E-state index contributed by atoms with van der Waals surface area (Å²) in [6, 6.07) is 3.68. The van der Waals surface area contributed by atoms with Gasteiger partial charge in [-0.2, -0.15) is 0 Å². The van der Waals surface area contributed by atoms with E-state index in [0.29, 0.717) is 16.8 Å². The van der Waals surface area contributed by atoms with Crippen LogP contribution >= 0.6 is 0 Å². The molecule has 2 aromatic heterocycles. The van der Waals surface area contributed by atoms with Gasteiger partial charge in [-0.3, -0.25) is 4.98 Å². The van der Waals surface area contributed by atoms with Crippen molar-refractivity contribution in [2.24, 2.45) is 0 Å². The number of aromatic hydroxyl groups is 1. The molecule has 0 bridgehead atoms. The second-order valence-electron chi connectivity index (χ2n) is 3.33. The van der Waals surface area contributed by atoms with Crippen molar-refractivity contribution in [3.8, 4) is 17.0 Å². The molecule has 0 amide bonds. The first-order chi connectivity index (χ1) is 7.24. The molecule has 4 nitrogen and oxygen atoms in total. The lowest BCUT2D eigenvalue weighted by Gasteiger charge is -2.09.